The van der Waals surface area contributed by atoms with Crippen LogP contribution in [0.5, 0.6) is 0 Å². The summed E-state index contributed by atoms with van der Waals surface area (Å²) >= 11 is 0. The number of rotatable bonds is 43. The van der Waals surface area contributed by atoms with E-state index in [4.69, 9.17) is 14.2 Å². The summed E-state index contributed by atoms with van der Waals surface area (Å²) in [4.78, 5) is 37.9. The van der Waals surface area contributed by atoms with Gasteiger partial charge in [0, 0.05) is 19.3 Å². The molecular weight excluding hydrogens is 757 g/mol. The van der Waals surface area contributed by atoms with Crippen molar-refractivity contribution in [2.75, 3.05) is 13.2 Å². The normalized spacial score (nSPS) is 12.9. The molecule has 1 atom stereocenters. The highest BCUT2D eigenvalue weighted by Crippen LogP contribution is 2.12. The van der Waals surface area contributed by atoms with Crippen LogP contribution in [0.4, 0.5) is 0 Å². The standard InChI is InChI=1S/C55H90O6/c1-4-7-10-13-16-19-22-24-26-27-29-31-34-37-40-43-46-49-55(58)61-52(50-59-53(56)47-44-41-38-35-32-21-18-15-12-9-6-3)51-60-54(57)48-45-42-39-36-33-30-28-25-23-20-17-14-11-8-5-2/h7,10,15-20,24-26,28-29,31,33,36,52H,4-6,8-9,11-14,21-23,27,30,32,34-35,37-51H2,1-3H3/b10-7-,18-15-,19-16-,20-17-,26-24-,28-25-,31-29-,36-33-/t52-/m0/s1. The smallest absolute Gasteiger partial charge is 0.306 e. The van der Waals surface area contributed by atoms with Gasteiger partial charge in [0.25, 0.3) is 0 Å². The van der Waals surface area contributed by atoms with Crippen molar-refractivity contribution in [2.24, 2.45) is 0 Å². The molecule has 61 heavy (non-hydrogen) atoms. The summed E-state index contributed by atoms with van der Waals surface area (Å²) in [6.45, 7) is 6.38. The van der Waals surface area contributed by atoms with Gasteiger partial charge in [0.05, 0.1) is 0 Å². The molecular formula is C55H90O6. The minimum Gasteiger partial charge on any atom is -0.462 e. The Bertz CT molecular complexity index is 1250. The average molecular weight is 847 g/mol. The van der Waals surface area contributed by atoms with Crippen molar-refractivity contribution in [3.05, 3.63) is 97.2 Å². The molecule has 0 unspecified atom stereocenters. The Balaban J connectivity index is 4.51. The van der Waals surface area contributed by atoms with Gasteiger partial charge in [-0.1, -0.05) is 176 Å². The van der Waals surface area contributed by atoms with Crippen LogP contribution in [0.3, 0.4) is 0 Å². The molecule has 0 rings (SSSR count). The van der Waals surface area contributed by atoms with E-state index >= 15 is 0 Å². The summed E-state index contributed by atoms with van der Waals surface area (Å²) in [5, 5.41) is 0. The molecule has 6 nitrogen and oxygen atoms in total. The van der Waals surface area contributed by atoms with Crippen LogP contribution in [0.15, 0.2) is 97.2 Å². The second-order valence-corrected chi connectivity index (χ2v) is 16.0. The Morgan fingerprint density at radius 2 is 0.656 bits per heavy atom. The number of carbonyl (C=O) groups excluding carboxylic acids is 3. The lowest BCUT2D eigenvalue weighted by atomic mass is 10.1. The largest absolute Gasteiger partial charge is 0.462 e. The van der Waals surface area contributed by atoms with Gasteiger partial charge in [0.2, 0.25) is 0 Å². The molecule has 0 aromatic heterocycles. The van der Waals surface area contributed by atoms with E-state index in [1.54, 1.807) is 0 Å². The van der Waals surface area contributed by atoms with Crippen molar-refractivity contribution in [2.45, 2.75) is 219 Å². The second-order valence-electron chi connectivity index (χ2n) is 16.0. The van der Waals surface area contributed by atoms with E-state index in [2.05, 4.69) is 118 Å². The molecule has 6 heteroatoms. The van der Waals surface area contributed by atoms with Crippen LogP contribution < -0.4 is 0 Å². The van der Waals surface area contributed by atoms with Gasteiger partial charge < -0.3 is 14.2 Å². The zero-order valence-electron chi connectivity index (χ0n) is 39.4. The first-order chi connectivity index (χ1) is 30.0. The highest BCUT2D eigenvalue weighted by atomic mass is 16.6. The predicted octanol–water partition coefficient (Wildman–Crippen LogP) is 16.2. The van der Waals surface area contributed by atoms with Gasteiger partial charge in [0.15, 0.2) is 6.10 Å². The lowest BCUT2D eigenvalue weighted by Crippen LogP contribution is -2.30. The molecule has 0 bridgehead atoms. The summed E-state index contributed by atoms with van der Waals surface area (Å²) in [6.07, 6.45) is 63.9. The molecule has 0 fully saturated rings. The van der Waals surface area contributed by atoms with Crippen LogP contribution in [0.25, 0.3) is 0 Å². The summed E-state index contributed by atoms with van der Waals surface area (Å²) in [6, 6.07) is 0. The van der Waals surface area contributed by atoms with E-state index in [9.17, 15) is 14.4 Å². The van der Waals surface area contributed by atoms with Gasteiger partial charge in [-0.05, 0) is 116 Å². The van der Waals surface area contributed by atoms with Crippen LogP contribution in [0.1, 0.15) is 213 Å². The zero-order valence-corrected chi connectivity index (χ0v) is 39.4. The van der Waals surface area contributed by atoms with Gasteiger partial charge in [0.1, 0.15) is 13.2 Å². The second kappa shape index (κ2) is 49.0. The number of hydrogen-bond donors (Lipinski definition) is 0. The van der Waals surface area contributed by atoms with Gasteiger partial charge in [-0.25, -0.2) is 0 Å². The molecule has 0 spiro atoms. The van der Waals surface area contributed by atoms with Gasteiger partial charge in [-0.2, -0.15) is 0 Å². The summed E-state index contributed by atoms with van der Waals surface area (Å²) in [5.74, 6) is -0.985. The van der Waals surface area contributed by atoms with Crippen molar-refractivity contribution in [1.29, 1.82) is 0 Å². The molecule has 0 saturated heterocycles. The van der Waals surface area contributed by atoms with Crippen LogP contribution in [-0.2, 0) is 28.6 Å². The third-order valence-electron chi connectivity index (χ3n) is 10.0. The average Bonchev–Trinajstić information content (AvgIpc) is 3.26. The van der Waals surface area contributed by atoms with Gasteiger partial charge in [-0.3, -0.25) is 14.4 Å². The minimum absolute atomic E-state index is 0.106. The molecule has 0 aliphatic rings. The molecule has 0 radical (unpaired) electrons. The summed E-state index contributed by atoms with van der Waals surface area (Å²) in [7, 11) is 0. The lowest BCUT2D eigenvalue weighted by Gasteiger charge is -2.18. The molecule has 0 saturated carbocycles. The number of allylic oxidation sites excluding steroid dienone is 16. The SMILES string of the molecule is CC/C=C\C/C=C\C/C=C\C/C=C\CCCCCCC(=O)O[C@H](COC(=O)CCCC/C=C\C/C=C\C/C=C\CCCCC)COC(=O)CCCCCCC/C=C\CCCC. The Labute approximate surface area is 375 Å². The zero-order chi connectivity index (χ0) is 44.4. The van der Waals surface area contributed by atoms with Crippen molar-refractivity contribution < 1.29 is 28.6 Å². The van der Waals surface area contributed by atoms with E-state index in [1.807, 2.05) is 0 Å². The third-order valence-corrected chi connectivity index (χ3v) is 10.0. The maximum atomic E-state index is 12.8. The van der Waals surface area contributed by atoms with Gasteiger partial charge in [-0.15, -0.1) is 0 Å². The molecule has 0 amide bonds. The number of carbonyl (C=O) groups is 3. The predicted molar refractivity (Wildman–Crippen MR) is 260 cm³/mol. The Hall–Kier alpha value is -3.67. The van der Waals surface area contributed by atoms with Crippen LogP contribution >= 0.6 is 0 Å². The number of ether oxygens (including phenoxy) is 3. The van der Waals surface area contributed by atoms with Crippen molar-refractivity contribution in [3.63, 3.8) is 0 Å². The van der Waals surface area contributed by atoms with Crippen molar-refractivity contribution in [1.82, 2.24) is 0 Å². The molecule has 346 valence electrons. The first kappa shape index (κ1) is 57.3. The number of esters is 3. The fourth-order valence-electron chi connectivity index (χ4n) is 6.30. The monoisotopic (exact) mass is 847 g/mol. The molecule has 0 aromatic rings. The van der Waals surface area contributed by atoms with Crippen molar-refractivity contribution in [3.8, 4) is 0 Å². The maximum Gasteiger partial charge on any atom is 0.306 e. The summed E-state index contributed by atoms with van der Waals surface area (Å²) < 4.78 is 16.7. The number of unbranched alkanes of at least 4 members (excludes halogenated alkanes) is 16. The number of hydrogen-bond acceptors (Lipinski definition) is 6. The molecule has 0 aliphatic heterocycles. The highest BCUT2D eigenvalue weighted by Gasteiger charge is 2.19. The van der Waals surface area contributed by atoms with Crippen molar-refractivity contribution >= 4 is 17.9 Å². The first-order valence-electron chi connectivity index (χ1n) is 24.7. The van der Waals surface area contributed by atoms with E-state index in [1.165, 1.54) is 51.4 Å². The Morgan fingerprint density at radius 3 is 1.10 bits per heavy atom. The fraction of sp³-hybridized carbons (Fsp3) is 0.655. The first-order valence-corrected chi connectivity index (χ1v) is 24.7. The van der Waals surface area contributed by atoms with Crippen LogP contribution in [0.2, 0.25) is 0 Å². The highest BCUT2D eigenvalue weighted by molar-refractivity contribution is 5.71. The lowest BCUT2D eigenvalue weighted by molar-refractivity contribution is -0.167. The van der Waals surface area contributed by atoms with E-state index in [-0.39, 0.29) is 37.5 Å². The Morgan fingerprint density at radius 1 is 0.344 bits per heavy atom. The van der Waals surface area contributed by atoms with Crippen LogP contribution in [0, 0.1) is 0 Å². The maximum absolute atomic E-state index is 12.8. The minimum atomic E-state index is -0.809. The molecule has 0 N–H and O–H groups in total. The Kier molecular flexibility index (Phi) is 46.0. The molecule has 0 heterocycles. The van der Waals surface area contributed by atoms with Crippen LogP contribution in [-0.4, -0.2) is 37.2 Å². The topological polar surface area (TPSA) is 78.9 Å². The van der Waals surface area contributed by atoms with Gasteiger partial charge >= 0.3 is 17.9 Å². The fourth-order valence-corrected chi connectivity index (χ4v) is 6.30. The quantitative estimate of drug-likeness (QED) is 0.0263. The third kappa shape index (κ3) is 47.2. The summed E-state index contributed by atoms with van der Waals surface area (Å²) in [5.41, 5.74) is 0. The molecule has 0 aliphatic carbocycles. The van der Waals surface area contributed by atoms with E-state index in [0.29, 0.717) is 12.8 Å². The molecule has 0 aromatic carbocycles. The van der Waals surface area contributed by atoms with E-state index < -0.39 is 6.10 Å². The van der Waals surface area contributed by atoms with E-state index in [0.717, 1.165) is 122 Å².